The van der Waals surface area contributed by atoms with Crippen LogP contribution in [0.25, 0.3) is 0 Å². The molecule has 0 atom stereocenters. The molecule has 4 heteroatoms. The predicted molar refractivity (Wildman–Crippen MR) is 47.6 cm³/mol. The second-order valence-electron chi connectivity index (χ2n) is 3.56. The molecule has 4 nitrogen and oxygen atoms in total. The van der Waals surface area contributed by atoms with Gasteiger partial charge in [-0.25, -0.2) is 4.79 Å². The highest BCUT2D eigenvalue weighted by molar-refractivity contribution is 5.86. The maximum absolute atomic E-state index is 11.2. The fourth-order valence-electron chi connectivity index (χ4n) is 1.05. The Morgan fingerprint density at radius 2 is 2.23 bits per heavy atom. The minimum Gasteiger partial charge on any atom is -0.361 e. The second-order valence-corrected chi connectivity index (χ2v) is 3.56. The van der Waals surface area contributed by atoms with Crippen LogP contribution in [0, 0.1) is 0 Å². The smallest absolute Gasteiger partial charge is 0.352 e. The summed E-state index contributed by atoms with van der Waals surface area (Å²) in [4.78, 5) is 16.2. The van der Waals surface area contributed by atoms with Gasteiger partial charge in [0.1, 0.15) is 5.72 Å². The third-order valence-corrected chi connectivity index (χ3v) is 1.89. The van der Waals surface area contributed by atoms with Gasteiger partial charge in [0.15, 0.2) is 0 Å². The van der Waals surface area contributed by atoms with Gasteiger partial charge in [0, 0.05) is 5.57 Å². The van der Waals surface area contributed by atoms with E-state index in [2.05, 4.69) is 6.58 Å². The van der Waals surface area contributed by atoms with Crippen molar-refractivity contribution in [2.75, 3.05) is 13.2 Å². The van der Waals surface area contributed by atoms with Crippen molar-refractivity contribution in [2.24, 2.45) is 0 Å². The molecular formula is C9H15NO3. The zero-order valence-electron chi connectivity index (χ0n) is 8.29. The molecule has 0 aliphatic carbocycles. The van der Waals surface area contributed by atoms with Crippen LogP contribution in [-0.4, -0.2) is 29.9 Å². The van der Waals surface area contributed by atoms with Crippen molar-refractivity contribution in [3.05, 3.63) is 12.2 Å². The van der Waals surface area contributed by atoms with Gasteiger partial charge in [-0.3, -0.25) is 0 Å². The van der Waals surface area contributed by atoms with E-state index in [9.17, 15) is 4.79 Å². The second kappa shape index (κ2) is 3.47. The molecule has 1 rings (SSSR count). The fraction of sp³-hybridized carbons (Fsp3) is 0.667. The van der Waals surface area contributed by atoms with Crippen LogP contribution in [0.1, 0.15) is 20.8 Å². The minimum atomic E-state index is -0.523. The van der Waals surface area contributed by atoms with Crippen LogP contribution in [0.3, 0.4) is 0 Å². The summed E-state index contributed by atoms with van der Waals surface area (Å²) in [6.07, 6.45) is 0. The van der Waals surface area contributed by atoms with E-state index in [0.29, 0.717) is 18.7 Å². The molecule has 13 heavy (non-hydrogen) atoms. The van der Waals surface area contributed by atoms with E-state index in [1.54, 1.807) is 6.92 Å². The zero-order valence-corrected chi connectivity index (χ0v) is 8.29. The Morgan fingerprint density at radius 1 is 1.62 bits per heavy atom. The van der Waals surface area contributed by atoms with Crippen molar-refractivity contribution < 1.29 is 14.4 Å². The Labute approximate surface area is 78.1 Å². The maximum atomic E-state index is 11.2. The van der Waals surface area contributed by atoms with E-state index in [1.165, 1.54) is 5.06 Å². The number of rotatable bonds is 2. The summed E-state index contributed by atoms with van der Waals surface area (Å²) in [6.45, 7) is 10.0. The van der Waals surface area contributed by atoms with Crippen molar-refractivity contribution >= 4 is 5.97 Å². The quantitative estimate of drug-likeness (QED) is 0.604. The molecule has 1 saturated heterocycles. The molecular weight excluding hydrogens is 170 g/mol. The summed E-state index contributed by atoms with van der Waals surface area (Å²) in [7, 11) is 0. The Hall–Kier alpha value is -0.870. The van der Waals surface area contributed by atoms with E-state index < -0.39 is 11.7 Å². The normalized spacial score (nSPS) is 21.5. The van der Waals surface area contributed by atoms with Gasteiger partial charge in [-0.15, -0.1) is 5.06 Å². The largest absolute Gasteiger partial charge is 0.361 e. The summed E-state index contributed by atoms with van der Waals surface area (Å²) < 4.78 is 5.35. The molecule has 0 aromatic heterocycles. The Kier molecular flexibility index (Phi) is 2.73. The van der Waals surface area contributed by atoms with Crippen LogP contribution in [0.5, 0.6) is 0 Å². The summed E-state index contributed by atoms with van der Waals surface area (Å²) in [5.41, 5.74) is -0.131. The highest BCUT2D eigenvalue weighted by atomic mass is 16.8. The van der Waals surface area contributed by atoms with Gasteiger partial charge in [0.2, 0.25) is 0 Å². The van der Waals surface area contributed by atoms with Crippen molar-refractivity contribution in [3.63, 3.8) is 0 Å². The standard InChI is InChI=1S/C9H15NO3/c1-7(2)8(11)13-10-5-6-12-9(10,3)4/h1,5-6H2,2-4H3. The zero-order chi connectivity index (χ0) is 10.1. The molecule has 1 heterocycles. The number of carbonyl (C=O) groups excluding carboxylic acids is 1. The average Bonchev–Trinajstić information content (AvgIpc) is 2.30. The van der Waals surface area contributed by atoms with Gasteiger partial charge < -0.3 is 9.57 Å². The van der Waals surface area contributed by atoms with Crippen molar-refractivity contribution in [3.8, 4) is 0 Å². The third-order valence-electron chi connectivity index (χ3n) is 1.89. The van der Waals surface area contributed by atoms with E-state index in [1.807, 2.05) is 13.8 Å². The lowest BCUT2D eigenvalue weighted by Gasteiger charge is -2.27. The lowest BCUT2D eigenvalue weighted by molar-refractivity contribution is -0.233. The number of ether oxygens (including phenoxy) is 1. The molecule has 0 unspecified atom stereocenters. The summed E-state index contributed by atoms with van der Waals surface area (Å²) in [6, 6.07) is 0. The lowest BCUT2D eigenvalue weighted by atomic mass is 10.3. The summed E-state index contributed by atoms with van der Waals surface area (Å²) in [5.74, 6) is -0.404. The molecule has 0 radical (unpaired) electrons. The van der Waals surface area contributed by atoms with Crippen molar-refractivity contribution in [2.45, 2.75) is 26.5 Å². The summed E-state index contributed by atoms with van der Waals surface area (Å²) in [5, 5.41) is 1.53. The molecule has 0 bridgehead atoms. The number of carbonyl (C=O) groups is 1. The van der Waals surface area contributed by atoms with Gasteiger partial charge >= 0.3 is 5.97 Å². The van der Waals surface area contributed by atoms with Crippen molar-refractivity contribution in [1.82, 2.24) is 5.06 Å². The number of hydroxylamine groups is 2. The molecule has 0 N–H and O–H groups in total. The third kappa shape index (κ3) is 2.29. The first kappa shape index (κ1) is 10.2. The highest BCUT2D eigenvalue weighted by Crippen LogP contribution is 2.22. The van der Waals surface area contributed by atoms with Crippen LogP contribution in [0.15, 0.2) is 12.2 Å². The Balaban J connectivity index is 2.54. The van der Waals surface area contributed by atoms with Gasteiger partial charge in [-0.1, -0.05) is 6.58 Å². The highest BCUT2D eigenvalue weighted by Gasteiger charge is 2.36. The van der Waals surface area contributed by atoms with Gasteiger partial charge in [-0.2, -0.15) is 0 Å². The van der Waals surface area contributed by atoms with Gasteiger partial charge in [0.05, 0.1) is 13.2 Å². The average molecular weight is 185 g/mol. The number of hydrogen-bond donors (Lipinski definition) is 0. The van der Waals surface area contributed by atoms with Gasteiger partial charge in [-0.05, 0) is 20.8 Å². The molecule has 1 aliphatic rings. The predicted octanol–water partition coefficient (Wildman–Crippen LogP) is 1.09. The van der Waals surface area contributed by atoms with E-state index in [0.717, 1.165) is 0 Å². The summed E-state index contributed by atoms with van der Waals surface area (Å²) >= 11 is 0. The fourth-order valence-corrected chi connectivity index (χ4v) is 1.05. The molecule has 0 aromatic carbocycles. The maximum Gasteiger partial charge on any atom is 0.352 e. The van der Waals surface area contributed by atoms with Crippen LogP contribution < -0.4 is 0 Å². The van der Waals surface area contributed by atoms with E-state index in [4.69, 9.17) is 9.57 Å². The van der Waals surface area contributed by atoms with Gasteiger partial charge in [0.25, 0.3) is 0 Å². The molecule has 1 aliphatic heterocycles. The first-order chi connectivity index (χ1) is 5.93. The number of hydrogen-bond acceptors (Lipinski definition) is 4. The van der Waals surface area contributed by atoms with Crippen LogP contribution in [0.2, 0.25) is 0 Å². The lowest BCUT2D eigenvalue weighted by Crippen LogP contribution is -2.40. The molecule has 74 valence electrons. The Morgan fingerprint density at radius 3 is 2.62 bits per heavy atom. The first-order valence-corrected chi connectivity index (χ1v) is 4.23. The minimum absolute atomic E-state index is 0.391. The Bertz CT molecular complexity index is 235. The van der Waals surface area contributed by atoms with Crippen LogP contribution in [0.4, 0.5) is 0 Å². The molecule has 0 aromatic rings. The van der Waals surface area contributed by atoms with Crippen LogP contribution >= 0.6 is 0 Å². The topological polar surface area (TPSA) is 38.8 Å². The van der Waals surface area contributed by atoms with Crippen LogP contribution in [-0.2, 0) is 14.4 Å². The first-order valence-electron chi connectivity index (χ1n) is 4.23. The van der Waals surface area contributed by atoms with E-state index >= 15 is 0 Å². The SMILES string of the molecule is C=C(C)C(=O)ON1CCOC1(C)C. The molecule has 0 spiro atoms. The molecule has 0 amide bonds. The monoisotopic (exact) mass is 185 g/mol. The van der Waals surface area contributed by atoms with E-state index in [-0.39, 0.29) is 0 Å². The van der Waals surface area contributed by atoms with Crippen molar-refractivity contribution in [1.29, 1.82) is 0 Å². The number of nitrogens with zero attached hydrogens (tertiary/aromatic N) is 1. The molecule has 0 saturated carbocycles. The molecule has 1 fully saturated rings.